The Hall–Kier alpha value is -2.50. The predicted molar refractivity (Wildman–Crippen MR) is 81.2 cm³/mol. The van der Waals surface area contributed by atoms with Crippen molar-refractivity contribution in [1.82, 2.24) is 4.98 Å². The molecule has 1 aromatic heterocycles. The van der Waals surface area contributed by atoms with E-state index in [2.05, 4.69) is 10.3 Å². The lowest BCUT2D eigenvalue weighted by molar-refractivity contribution is 0.0519. The summed E-state index contributed by atoms with van der Waals surface area (Å²) in [4.78, 5) is 17.6. The van der Waals surface area contributed by atoms with Gasteiger partial charge in [0.15, 0.2) is 5.69 Å². The molecule has 0 atom stereocenters. The molecule has 0 bridgehead atoms. The molecule has 6 heteroatoms. The molecule has 0 aliphatic carbocycles. The second-order valence-electron chi connectivity index (χ2n) is 4.78. The van der Waals surface area contributed by atoms with E-state index in [4.69, 9.17) is 9.15 Å². The number of benzene rings is 1. The van der Waals surface area contributed by atoms with Crippen molar-refractivity contribution in [3.8, 4) is 0 Å². The molecule has 0 fully saturated rings. The molecular formula is C15H19N3O3. The Labute approximate surface area is 123 Å². The summed E-state index contributed by atoms with van der Waals surface area (Å²) in [6.07, 6.45) is 1.28. The average Bonchev–Trinajstić information content (AvgIpc) is 2.89. The van der Waals surface area contributed by atoms with Crippen LogP contribution in [-0.4, -0.2) is 31.7 Å². The van der Waals surface area contributed by atoms with Crippen molar-refractivity contribution >= 4 is 23.4 Å². The standard InChI is InChI=1S/C15H19N3O3/c1-5-20-14(19)12-9-21-15(17-12)16-11-7-6-10(2)13(8-11)18(3)4/h6-9H,5H2,1-4H3,(H,16,17). The lowest BCUT2D eigenvalue weighted by Crippen LogP contribution is -2.10. The fraction of sp³-hybridized carbons (Fsp3) is 0.333. The zero-order valence-electron chi connectivity index (χ0n) is 12.6. The van der Waals surface area contributed by atoms with Crippen LogP contribution in [0.2, 0.25) is 0 Å². The van der Waals surface area contributed by atoms with Gasteiger partial charge in [-0.2, -0.15) is 4.98 Å². The molecule has 0 saturated heterocycles. The van der Waals surface area contributed by atoms with E-state index < -0.39 is 5.97 Å². The van der Waals surface area contributed by atoms with E-state index in [1.54, 1.807) is 6.92 Å². The van der Waals surface area contributed by atoms with E-state index in [-0.39, 0.29) is 11.7 Å². The highest BCUT2D eigenvalue weighted by molar-refractivity contribution is 5.87. The van der Waals surface area contributed by atoms with Gasteiger partial charge >= 0.3 is 5.97 Å². The number of aromatic nitrogens is 1. The van der Waals surface area contributed by atoms with Gasteiger partial charge in [-0.25, -0.2) is 4.79 Å². The predicted octanol–water partition coefficient (Wildman–Crippen LogP) is 2.97. The quantitative estimate of drug-likeness (QED) is 0.853. The van der Waals surface area contributed by atoms with Gasteiger partial charge in [-0.3, -0.25) is 0 Å². The van der Waals surface area contributed by atoms with Gasteiger partial charge in [0.1, 0.15) is 6.26 Å². The summed E-state index contributed by atoms with van der Waals surface area (Å²) < 4.78 is 10.1. The monoisotopic (exact) mass is 289 g/mol. The topological polar surface area (TPSA) is 67.6 Å². The van der Waals surface area contributed by atoms with Gasteiger partial charge in [0.2, 0.25) is 0 Å². The van der Waals surface area contributed by atoms with Crippen LogP contribution in [0.15, 0.2) is 28.9 Å². The molecule has 1 aromatic carbocycles. The van der Waals surface area contributed by atoms with Crippen molar-refractivity contribution in [3.05, 3.63) is 35.7 Å². The van der Waals surface area contributed by atoms with Gasteiger partial charge < -0.3 is 19.4 Å². The van der Waals surface area contributed by atoms with Crippen LogP contribution in [-0.2, 0) is 4.74 Å². The highest BCUT2D eigenvalue weighted by Crippen LogP contribution is 2.24. The number of carbonyl (C=O) groups is 1. The van der Waals surface area contributed by atoms with Crippen molar-refractivity contribution in [2.45, 2.75) is 13.8 Å². The van der Waals surface area contributed by atoms with Gasteiger partial charge in [-0.15, -0.1) is 0 Å². The molecule has 0 unspecified atom stereocenters. The number of hydrogen-bond donors (Lipinski definition) is 1. The Morgan fingerprint density at radius 1 is 1.43 bits per heavy atom. The minimum Gasteiger partial charge on any atom is -0.461 e. The number of esters is 1. The van der Waals surface area contributed by atoms with E-state index in [1.807, 2.05) is 44.1 Å². The molecule has 112 valence electrons. The molecule has 0 amide bonds. The first kappa shape index (κ1) is 14.9. The number of ether oxygens (including phenoxy) is 1. The summed E-state index contributed by atoms with van der Waals surface area (Å²) in [6.45, 7) is 4.09. The molecular weight excluding hydrogens is 270 g/mol. The maximum Gasteiger partial charge on any atom is 0.360 e. The van der Waals surface area contributed by atoms with E-state index >= 15 is 0 Å². The van der Waals surface area contributed by atoms with E-state index in [0.717, 1.165) is 11.4 Å². The fourth-order valence-electron chi connectivity index (χ4n) is 1.92. The van der Waals surface area contributed by atoms with E-state index in [9.17, 15) is 4.79 Å². The summed E-state index contributed by atoms with van der Waals surface area (Å²) in [5.41, 5.74) is 3.25. The maximum atomic E-state index is 11.5. The van der Waals surface area contributed by atoms with Crippen molar-refractivity contribution in [2.75, 3.05) is 30.9 Å². The molecule has 0 saturated carbocycles. The molecule has 0 radical (unpaired) electrons. The van der Waals surface area contributed by atoms with E-state index in [1.165, 1.54) is 11.8 Å². The summed E-state index contributed by atoms with van der Waals surface area (Å²) in [5, 5.41) is 3.03. The van der Waals surface area contributed by atoms with Gasteiger partial charge in [0.25, 0.3) is 6.01 Å². The number of carbonyl (C=O) groups excluding carboxylic acids is 1. The van der Waals surface area contributed by atoms with Crippen LogP contribution >= 0.6 is 0 Å². The first-order valence-electron chi connectivity index (χ1n) is 6.69. The van der Waals surface area contributed by atoms with Gasteiger partial charge in [-0.05, 0) is 31.5 Å². The van der Waals surface area contributed by atoms with Crippen molar-refractivity contribution in [2.24, 2.45) is 0 Å². The van der Waals surface area contributed by atoms with Crippen LogP contribution in [0.5, 0.6) is 0 Å². The number of nitrogens with one attached hydrogen (secondary N) is 1. The molecule has 0 aliphatic heterocycles. The van der Waals surface area contributed by atoms with E-state index in [0.29, 0.717) is 6.61 Å². The zero-order valence-corrected chi connectivity index (χ0v) is 12.6. The molecule has 0 spiro atoms. The molecule has 1 heterocycles. The Morgan fingerprint density at radius 2 is 2.19 bits per heavy atom. The molecule has 6 nitrogen and oxygen atoms in total. The largest absolute Gasteiger partial charge is 0.461 e. The van der Waals surface area contributed by atoms with Gasteiger partial charge in [-0.1, -0.05) is 6.07 Å². The number of hydrogen-bond acceptors (Lipinski definition) is 6. The number of anilines is 3. The van der Waals surface area contributed by atoms with Crippen molar-refractivity contribution in [1.29, 1.82) is 0 Å². The minimum atomic E-state index is -0.493. The van der Waals surface area contributed by atoms with Gasteiger partial charge in [0.05, 0.1) is 6.61 Å². The minimum absolute atomic E-state index is 0.152. The van der Waals surface area contributed by atoms with Crippen LogP contribution in [0.4, 0.5) is 17.4 Å². The second kappa shape index (κ2) is 6.30. The SMILES string of the molecule is CCOC(=O)c1coc(Nc2ccc(C)c(N(C)C)c2)n1. The summed E-state index contributed by atoms with van der Waals surface area (Å²) in [7, 11) is 3.96. The highest BCUT2D eigenvalue weighted by Gasteiger charge is 2.13. The number of aryl methyl sites for hydroxylation is 1. The zero-order chi connectivity index (χ0) is 15.4. The van der Waals surface area contributed by atoms with Crippen LogP contribution < -0.4 is 10.2 Å². The molecule has 2 aromatic rings. The molecule has 0 aliphatic rings. The Bertz CT molecular complexity index is 635. The third kappa shape index (κ3) is 3.53. The fourth-order valence-corrected chi connectivity index (χ4v) is 1.92. The normalized spacial score (nSPS) is 10.3. The molecule has 1 N–H and O–H groups in total. The molecule has 2 rings (SSSR count). The second-order valence-corrected chi connectivity index (χ2v) is 4.78. The maximum absolute atomic E-state index is 11.5. The summed E-state index contributed by atoms with van der Waals surface area (Å²) >= 11 is 0. The Morgan fingerprint density at radius 3 is 2.86 bits per heavy atom. The number of rotatable bonds is 5. The first-order chi connectivity index (χ1) is 10.0. The van der Waals surface area contributed by atoms with Crippen LogP contribution in [0, 0.1) is 6.92 Å². The lowest BCUT2D eigenvalue weighted by atomic mass is 10.1. The van der Waals surface area contributed by atoms with Crippen LogP contribution in [0.25, 0.3) is 0 Å². The first-order valence-corrected chi connectivity index (χ1v) is 6.69. The van der Waals surface area contributed by atoms with Crippen molar-refractivity contribution < 1.29 is 13.9 Å². The highest BCUT2D eigenvalue weighted by atomic mass is 16.5. The Balaban J connectivity index is 2.15. The van der Waals surface area contributed by atoms with Crippen LogP contribution in [0.1, 0.15) is 23.0 Å². The third-order valence-electron chi connectivity index (χ3n) is 2.93. The van der Waals surface area contributed by atoms with Gasteiger partial charge in [0, 0.05) is 25.5 Å². The summed E-state index contributed by atoms with van der Waals surface area (Å²) in [6, 6.07) is 6.18. The number of nitrogens with zero attached hydrogens (tertiary/aromatic N) is 2. The van der Waals surface area contributed by atoms with Crippen molar-refractivity contribution in [3.63, 3.8) is 0 Å². The average molecular weight is 289 g/mol. The summed E-state index contributed by atoms with van der Waals surface area (Å²) in [5.74, 6) is -0.493. The Kier molecular flexibility index (Phi) is 4.47. The van der Waals surface area contributed by atoms with Crippen LogP contribution in [0.3, 0.4) is 0 Å². The molecule has 21 heavy (non-hydrogen) atoms. The number of oxazole rings is 1. The smallest absolute Gasteiger partial charge is 0.360 e. The lowest BCUT2D eigenvalue weighted by Gasteiger charge is -2.16. The third-order valence-corrected chi connectivity index (χ3v) is 2.93.